The van der Waals surface area contributed by atoms with Crippen molar-refractivity contribution in [2.45, 2.75) is 27.2 Å². The summed E-state index contributed by atoms with van der Waals surface area (Å²) in [6, 6.07) is 4.04. The average Bonchev–Trinajstić information content (AvgIpc) is 2.26. The monoisotopic (exact) mass is 213 g/mol. The molecule has 1 nitrogen and oxygen atoms in total. The summed E-state index contributed by atoms with van der Waals surface area (Å²) < 4.78 is 0. The number of aryl methyl sites for hydroxylation is 1. The molecule has 0 N–H and O–H groups in total. The summed E-state index contributed by atoms with van der Waals surface area (Å²) in [5.74, 6) is 0. The molecule has 0 saturated heterocycles. The SMILES string of the molecule is C=C(/C=C(C)\C=C/CC)c1cc(C)ccn1. The van der Waals surface area contributed by atoms with Crippen LogP contribution in [0.4, 0.5) is 0 Å². The van der Waals surface area contributed by atoms with Gasteiger partial charge >= 0.3 is 0 Å². The molecule has 1 aromatic heterocycles. The van der Waals surface area contributed by atoms with Gasteiger partial charge in [0.2, 0.25) is 0 Å². The molecule has 0 fully saturated rings. The third-order valence-electron chi connectivity index (χ3n) is 2.26. The lowest BCUT2D eigenvalue weighted by Gasteiger charge is -2.01. The molecule has 1 aromatic rings. The number of rotatable bonds is 4. The lowest BCUT2D eigenvalue weighted by Crippen LogP contribution is -1.86. The minimum Gasteiger partial charge on any atom is -0.256 e. The largest absolute Gasteiger partial charge is 0.256 e. The summed E-state index contributed by atoms with van der Waals surface area (Å²) in [4.78, 5) is 4.30. The molecule has 0 unspecified atom stereocenters. The number of aromatic nitrogens is 1. The molecular weight excluding hydrogens is 194 g/mol. The van der Waals surface area contributed by atoms with Crippen LogP contribution in [0.3, 0.4) is 0 Å². The summed E-state index contributed by atoms with van der Waals surface area (Å²) in [6.45, 7) is 10.3. The lowest BCUT2D eigenvalue weighted by molar-refractivity contribution is 1.22. The molecule has 0 aromatic carbocycles. The maximum absolute atomic E-state index is 4.30. The van der Waals surface area contributed by atoms with Gasteiger partial charge in [0.05, 0.1) is 5.69 Å². The van der Waals surface area contributed by atoms with E-state index in [4.69, 9.17) is 0 Å². The van der Waals surface area contributed by atoms with Crippen LogP contribution in [0.25, 0.3) is 5.57 Å². The minimum absolute atomic E-state index is 0.948. The van der Waals surface area contributed by atoms with E-state index < -0.39 is 0 Å². The van der Waals surface area contributed by atoms with Crippen molar-refractivity contribution in [3.05, 3.63) is 60.0 Å². The van der Waals surface area contributed by atoms with Gasteiger partial charge in [-0.3, -0.25) is 4.98 Å². The smallest absolute Gasteiger partial charge is 0.0698 e. The van der Waals surface area contributed by atoms with Crippen molar-refractivity contribution in [3.8, 4) is 0 Å². The molecule has 1 heteroatoms. The van der Waals surface area contributed by atoms with Crippen molar-refractivity contribution in [2.75, 3.05) is 0 Å². The van der Waals surface area contributed by atoms with Crippen LogP contribution >= 0.6 is 0 Å². The molecular formula is C15H19N. The van der Waals surface area contributed by atoms with Crippen LogP contribution in [-0.2, 0) is 0 Å². The molecule has 0 saturated carbocycles. The van der Waals surface area contributed by atoms with Gasteiger partial charge in [0, 0.05) is 6.20 Å². The standard InChI is InChI=1S/C15H19N/c1-5-6-7-12(2)10-14(4)15-11-13(3)8-9-16-15/h6-11H,4-5H2,1-3H3/b7-6-,12-10-. The first kappa shape index (κ1) is 12.4. The highest BCUT2D eigenvalue weighted by Crippen LogP contribution is 2.14. The van der Waals surface area contributed by atoms with Crippen LogP contribution in [0.2, 0.25) is 0 Å². The topological polar surface area (TPSA) is 12.9 Å². The summed E-state index contributed by atoms with van der Waals surface area (Å²) in [5.41, 5.74) is 4.32. The second-order valence-corrected chi connectivity index (χ2v) is 3.94. The summed E-state index contributed by atoms with van der Waals surface area (Å²) >= 11 is 0. The zero-order valence-electron chi connectivity index (χ0n) is 10.3. The van der Waals surface area contributed by atoms with E-state index >= 15 is 0 Å². The molecule has 0 spiro atoms. The molecule has 0 aliphatic rings. The van der Waals surface area contributed by atoms with Gasteiger partial charge in [-0.05, 0) is 43.5 Å². The van der Waals surface area contributed by atoms with Gasteiger partial charge in [0.25, 0.3) is 0 Å². The van der Waals surface area contributed by atoms with Gasteiger partial charge in [-0.15, -0.1) is 0 Å². The molecule has 0 aliphatic heterocycles. The van der Waals surface area contributed by atoms with E-state index in [1.54, 1.807) is 0 Å². The minimum atomic E-state index is 0.948. The Hall–Kier alpha value is -1.63. The Morgan fingerprint density at radius 3 is 2.88 bits per heavy atom. The van der Waals surface area contributed by atoms with Crippen molar-refractivity contribution in [1.82, 2.24) is 4.98 Å². The van der Waals surface area contributed by atoms with E-state index in [0.29, 0.717) is 0 Å². The van der Waals surface area contributed by atoms with Crippen molar-refractivity contribution in [2.24, 2.45) is 0 Å². The van der Waals surface area contributed by atoms with Crippen molar-refractivity contribution in [1.29, 1.82) is 0 Å². The van der Waals surface area contributed by atoms with Crippen LogP contribution in [-0.4, -0.2) is 4.98 Å². The van der Waals surface area contributed by atoms with E-state index in [2.05, 4.69) is 56.6 Å². The van der Waals surface area contributed by atoms with E-state index in [9.17, 15) is 0 Å². The third kappa shape index (κ3) is 3.85. The summed E-state index contributed by atoms with van der Waals surface area (Å²) in [5, 5.41) is 0. The van der Waals surface area contributed by atoms with E-state index in [1.165, 1.54) is 11.1 Å². The first-order valence-corrected chi connectivity index (χ1v) is 5.60. The van der Waals surface area contributed by atoms with E-state index in [-0.39, 0.29) is 0 Å². The zero-order valence-corrected chi connectivity index (χ0v) is 10.3. The number of allylic oxidation sites excluding steroid dienone is 5. The van der Waals surface area contributed by atoms with Crippen LogP contribution < -0.4 is 0 Å². The van der Waals surface area contributed by atoms with Crippen LogP contribution in [0.5, 0.6) is 0 Å². The van der Waals surface area contributed by atoms with Crippen LogP contribution in [0, 0.1) is 6.92 Å². The van der Waals surface area contributed by atoms with Gasteiger partial charge in [0.15, 0.2) is 0 Å². The Labute approximate surface area is 98.2 Å². The molecule has 0 amide bonds. The number of hydrogen-bond donors (Lipinski definition) is 0. The lowest BCUT2D eigenvalue weighted by atomic mass is 10.1. The van der Waals surface area contributed by atoms with E-state index in [1.807, 2.05) is 12.3 Å². The number of pyridine rings is 1. The Bertz CT molecular complexity index is 425. The number of nitrogens with zero attached hydrogens (tertiary/aromatic N) is 1. The Morgan fingerprint density at radius 2 is 2.25 bits per heavy atom. The maximum atomic E-state index is 4.30. The Kier molecular flexibility index (Phi) is 4.71. The van der Waals surface area contributed by atoms with Gasteiger partial charge in [-0.2, -0.15) is 0 Å². The predicted octanol–water partition coefficient (Wildman–Crippen LogP) is 4.32. The molecule has 0 radical (unpaired) electrons. The molecule has 0 atom stereocenters. The average molecular weight is 213 g/mol. The number of hydrogen-bond acceptors (Lipinski definition) is 1. The normalized spacial score (nSPS) is 12.1. The molecule has 0 aliphatic carbocycles. The highest BCUT2D eigenvalue weighted by atomic mass is 14.7. The van der Waals surface area contributed by atoms with Gasteiger partial charge in [0.1, 0.15) is 0 Å². The fourth-order valence-electron chi connectivity index (χ4n) is 1.41. The van der Waals surface area contributed by atoms with Crippen molar-refractivity contribution in [3.63, 3.8) is 0 Å². The quantitative estimate of drug-likeness (QED) is 0.679. The molecule has 1 heterocycles. The summed E-state index contributed by atoms with van der Waals surface area (Å²) in [6.07, 6.45) is 9.19. The summed E-state index contributed by atoms with van der Waals surface area (Å²) in [7, 11) is 0. The highest BCUT2D eigenvalue weighted by molar-refractivity contribution is 5.70. The Balaban J connectivity index is 2.83. The first-order valence-electron chi connectivity index (χ1n) is 5.60. The first-order chi connectivity index (χ1) is 7.63. The van der Waals surface area contributed by atoms with E-state index in [0.717, 1.165) is 17.7 Å². The molecule has 0 bridgehead atoms. The maximum Gasteiger partial charge on any atom is 0.0698 e. The fourth-order valence-corrected chi connectivity index (χ4v) is 1.41. The highest BCUT2D eigenvalue weighted by Gasteiger charge is 1.97. The second kappa shape index (κ2) is 6.06. The van der Waals surface area contributed by atoms with Crippen LogP contribution in [0.15, 0.2) is 48.7 Å². The third-order valence-corrected chi connectivity index (χ3v) is 2.26. The van der Waals surface area contributed by atoms with Gasteiger partial charge < -0.3 is 0 Å². The van der Waals surface area contributed by atoms with Gasteiger partial charge in [-0.1, -0.05) is 37.3 Å². The fraction of sp³-hybridized carbons (Fsp3) is 0.267. The second-order valence-electron chi connectivity index (χ2n) is 3.94. The molecule has 1 rings (SSSR count). The zero-order chi connectivity index (χ0) is 12.0. The Morgan fingerprint density at radius 1 is 1.50 bits per heavy atom. The van der Waals surface area contributed by atoms with Crippen molar-refractivity contribution < 1.29 is 0 Å². The van der Waals surface area contributed by atoms with Crippen molar-refractivity contribution >= 4 is 5.57 Å². The van der Waals surface area contributed by atoms with Gasteiger partial charge in [-0.25, -0.2) is 0 Å². The molecule has 84 valence electrons. The molecule has 16 heavy (non-hydrogen) atoms. The predicted molar refractivity (Wildman–Crippen MR) is 71.2 cm³/mol. The van der Waals surface area contributed by atoms with Crippen LogP contribution in [0.1, 0.15) is 31.5 Å².